The van der Waals surface area contributed by atoms with Crippen molar-refractivity contribution in [2.24, 2.45) is 0 Å². The second kappa shape index (κ2) is 3.19. The van der Waals surface area contributed by atoms with E-state index < -0.39 is 0 Å². The lowest BCUT2D eigenvalue weighted by molar-refractivity contribution is -0.263. The number of hydrogen-bond donors (Lipinski definition) is 0. The van der Waals surface area contributed by atoms with Gasteiger partial charge in [0.25, 0.3) is 0 Å². The molecule has 0 N–H and O–H groups in total. The van der Waals surface area contributed by atoms with Crippen LogP contribution in [0.3, 0.4) is 0 Å². The third-order valence-electron chi connectivity index (χ3n) is 2.69. The molecule has 0 unspecified atom stereocenters. The minimum Gasteiger partial charge on any atom is -0.346 e. The van der Waals surface area contributed by atoms with Crippen LogP contribution in [0.15, 0.2) is 12.2 Å². The fourth-order valence-corrected chi connectivity index (χ4v) is 1.93. The summed E-state index contributed by atoms with van der Waals surface area (Å²) in [5, 5.41) is 0. The Kier molecular flexibility index (Phi) is 2.20. The minimum absolute atomic E-state index is 0.223. The Morgan fingerprint density at radius 1 is 1.00 bits per heavy atom. The molecule has 1 saturated heterocycles. The SMILES string of the molecule is C=C1COC2(CCCCC2)OC1. The van der Waals surface area contributed by atoms with Crippen molar-refractivity contribution in [3.8, 4) is 0 Å². The van der Waals surface area contributed by atoms with E-state index in [1.54, 1.807) is 0 Å². The zero-order valence-electron chi connectivity index (χ0n) is 7.47. The van der Waals surface area contributed by atoms with Crippen molar-refractivity contribution in [2.75, 3.05) is 13.2 Å². The van der Waals surface area contributed by atoms with E-state index in [0.717, 1.165) is 18.4 Å². The number of ether oxygens (including phenoxy) is 2. The van der Waals surface area contributed by atoms with Crippen LogP contribution in [-0.2, 0) is 9.47 Å². The van der Waals surface area contributed by atoms with Gasteiger partial charge in [0.1, 0.15) is 0 Å². The van der Waals surface area contributed by atoms with Gasteiger partial charge in [0.2, 0.25) is 0 Å². The smallest absolute Gasteiger partial charge is 0.169 e. The fourth-order valence-electron chi connectivity index (χ4n) is 1.93. The molecule has 0 aromatic carbocycles. The highest BCUT2D eigenvalue weighted by molar-refractivity contribution is 4.99. The van der Waals surface area contributed by atoms with Gasteiger partial charge in [-0.25, -0.2) is 0 Å². The van der Waals surface area contributed by atoms with Gasteiger partial charge >= 0.3 is 0 Å². The average Bonchev–Trinajstić information content (AvgIpc) is 2.13. The average molecular weight is 168 g/mol. The molecule has 0 aromatic heterocycles. The molecule has 1 aliphatic carbocycles. The van der Waals surface area contributed by atoms with Crippen LogP contribution in [0.4, 0.5) is 0 Å². The third-order valence-corrected chi connectivity index (χ3v) is 2.69. The lowest BCUT2D eigenvalue weighted by atomic mass is 9.93. The molecule has 2 fully saturated rings. The molecular weight excluding hydrogens is 152 g/mol. The predicted molar refractivity (Wildman–Crippen MR) is 46.9 cm³/mol. The first-order valence-corrected chi connectivity index (χ1v) is 4.75. The molecule has 2 heteroatoms. The normalized spacial score (nSPS) is 29.2. The first-order chi connectivity index (χ1) is 5.81. The van der Waals surface area contributed by atoms with Crippen LogP contribution in [0.25, 0.3) is 0 Å². The van der Waals surface area contributed by atoms with E-state index in [9.17, 15) is 0 Å². The largest absolute Gasteiger partial charge is 0.346 e. The minimum atomic E-state index is -0.223. The monoisotopic (exact) mass is 168 g/mol. The van der Waals surface area contributed by atoms with Crippen molar-refractivity contribution >= 4 is 0 Å². The summed E-state index contributed by atoms with van der Waals surface area (Å²) < 4.78 is 11.4. The molecule has 2 rings (SSSR count). The molecule has 0 bridgehead atoms. The summed E-state index contributed by atoms with van der Waals surface area (Å²) in [7, 11) is 0. The van der Waals surface area contributed by atoms with Crippen molar-refractivity contribution in [1.29, 1.82) is 0 Å². The summed E-state index contributed by atoms with van der Waals surface area (Å²) in [6.45, 7) is 5.23. The van der Waals surface area contributed by atoms with Gasteiger partial charge in [0, 0.05) is 12.8 Å². The highest BCUT2D eigenvalue weighted by Crippen LogP contribution is 2.35. The zero-order chi connectivity index (χ0) is 8.44. The Morgan fingerprint density at radius 3 is 2.17 bits per heavy atom. The van der Waals surface area contributed by atoms with Crippen LogP contribution >= 0.6 is 0 Å². The van der Waals surface area contributed by atoms with Gasteiger partial charge in [0.15, 0.2) is 5.79 Å². The molecule has 1 saturated carbocycles. The van der Waals surface area contributed by atoms with E-state index in [1.165, 1.54) is 19.3 Å². The summed E-state index contributed by atoms with van der Waals surface area (Å²) in [5.41, 5.74) is 1.06. The molecule has 0 amide bonds. The van der Waals surface area contributed by atoms with E-state index in [-0.39, 0.29) is 5.79 Å². The molecule has 0 atom stereocenters. The lowest BCUT2D eigenvalue weighted by Crippen LogP contribution is -2.42. The Morgan fingerprint density at radius 2 is 1.58 bits per heavy atom. The summed E-state index contributed by atoms with van der Waals surface area (Å²) >= 11 is 0. The van der Waals surface area contributed by atoms with Crippen LogP contribution in [-0.4, -0.2) is 19.0 Å². The fraction of sp³-hybridized carbons (Fsp3) is 0.800. The topological polar surface area (TPSA) is 18.5 Å². The van der Waals surface area contributed by atoms with Crippen molar-refractivity contribution in [2.45, 2.75) is 37.9 Å². The molecule has 1 aliphatic heterocycles. The standard InChI is InChI=1S/C10H16O2/c1-9-7-11-10(12-8-9)5-3-2-4-6-10/h1-8H2. The highest BCUT2D eigenvalue weighted by Gasteiger charge is 2.36. The number of hydrogen-bond acceptors (Lipinski definition) is 2. The Balaban J connectivity index is 1.96. The molecule has 0 aromatic rings. The van der Waals surface area contributed by atoms with E-state index >= 15 is 0 Å². The van der Waals surface area contributed by atoms with Gasteiger partial charge < -0.3 is 9.47 Å². The predicted octanol–water partition coefficient (Wildman–Crippen LogP) is 2.25. The van der Waals surface area contributed by atoms with Crippen molar-refractivity contribution < 1.29 is 9.47 Å². The van der Waals surface area contributed by atoms with E-state index in [2.05, 4.69) is 6.58 Å². The maximum absolute atomic E-state index is 5.70. The van der Waals surface area contributed by atoms with Gasteiger partial charge in [-0.2, -0.15) is 0 Å². The van der Waals surface area contributed by atoms with Gasteiger partial charge in [0.05, 0.1) is 13.2 Å². The lowest BCUT2D eigenvalue weighted by Gasteiger charge is -2.40. The van der Waals surface area contributed by atoms with Crippen molar-refractivity contribution in [3.05, 3.63) is 12.2 Å². The highest BCUT2D eigenvalue weighted by atomic mass is 16.7. The van der Waals surface area contributed by atoms with Gasteiger partial charge in [-0.05, 0) is 18.4 Å². The first-order valence-electron chi connectivity index (χ1n) is 4.75. The second-order valence-electron chi connectivity index (χ2n) is 3.80. The second-order valence-corrected chi connectivity index (χ2v) is 3.80. The number of rotatable bonds is 0. The third kappa shape index (κ3) is 1.54. The summed E-state index contributed by atoms with van der Waals surface area (Å²) in [6, 6.07) is 0. The Labute approximate surface area is 73.5 Å². The zero-order valence-corrected chi connectivity index (χ0v) is 7.47. The summed E-state index contributed by atoms with van der Waals surface area (Å²) in [4.78, 5) is 0. The summed E-state index contributed by atoms with van der Waals surface area (Å²) in [5.74, 6) is -0.223. The molecule has 2 aliphatic rings. The van der Waals surface area contributed by atoms with E-state index in [1.807, 2.05) is 0 Å². The Bertz CT molecular complexity index is 168. The van der Waals surface area contributed by atoms with Gasteiger partial charge in [-0.15, -0.1) is 0 Å². The van der Waals surface area contributed by atoms with Crippen LogP contribution in [0, 0.1) is 0 Å². The first kappa shape index (κ1) is 8.27. The molecule has 12 heavy (non-hydrogen) atoms. The molecular formula is C10H16O2. The van der Waals surface area contributed by atoms with Crippen LogP contribution in [0.2, 0.25) is 0 Å². The van der Waals surface area contributed by atoms with E-state index in [0.29, 0.717) is 13.2 Å². The van der Waals surface area contributed by atoms with Gasteiger partial charge in [-0.1, -0.05) is 13.0 Å². The van der Waals surface area contributed by atoms with Gasteiger partial charge in [-0.3, -0.25) is 0 Å². The Hall–Kier alpha value is -0.340. The molecule has 0 radical (unpaired) electrons. The van der Waals surface area contributed by atoms with Crippen LogP contribution < -0.4 is 0 Å². The van der Waals surface area contributed by atoms with Crippen LogP contribution in [0.1, 0.15) is 32.1 Å². The van der Waals surface area contributed by atoms with Crippen LogP contribution in [0.5, 0.6) is 0 Å². The molecule has 1 heterocycles. The van der Waals surface area contributed by atoms with E-state index in [4.69, 9.17) is 9.47 Å². The molecule has 68 valence electrons. The molecule has 1 spiro atoms. The summed E-state index contributed by atoms with van der Waals surface area (Å²) in [6.07, 6.45) is 5.95. The maximum atomic E-state index is 5.70. The van der Waals surface area contributed by atoms with Crippen molar-refractivity contribution in [1.82, 2.24) is 0 Å². The quantitative estimate of drug-likeness (QED) is 0.516. The maximum Gasteiger partial charge on any atom is 0.169 e. The molecule has 2 nitrogen and oxygen atoms in total. The van der Waals surface area contributed by atoms with Crippen molar-refractivity contribution in [3.63, 3.8) is 0 Å².